The summed E-state index contributed by atoms with van der Waals surface area (Å²) in [6.45, 7) is 5.97. The molecule has 0 spiro atoms. The Labute approximate surface area is 191 Å². The first-order valence-electron chi connectivity index (χ1n) is 10.9. The van der Waals surface area contributed by atoms with Gasteiger partial charge in [0.15, 0.2) is 6.19 Å². The molecule has 3 rings (SSSR count). The molecule has 2 amide bonds. The van der Waals surface area contributed by atoms with Crippen LogP contribution in [-0.4, -0.2) is 53.2 Å². The molecule has 2 aliphatic rings. The maximum atomic E-state index is 12.1. The van der Waals surface area contributed by atoms with Crippen molar-refractivity contribution in [1.82, 2.24) is 15.1 Å². The number of nitrogens with one attached hydrogen (secondary N) is 1. The minimum absolute atomic E-state index is 0.105. The van der Waals surface area contributed by atoms with Gasteiger partial charge in [-0.05, 0) is 57.2 Å². The maximum absolute atomic E-state index is 12.1. The zero-order chi connectivity index (χ0) is 23.9. The Morgan fingerprint density at radius 2 is 2.03 bits per heavy atom. The number of nitrogens with two attached hydrogens (primary N) is 1. The third kappa shape index (κ3) is 9.09. The fourth-order valence-corrected chi connectivity index (χ4v) is 3.69. The molecule has 172 valence electrons. The quantitative estimate of drug-likeness (QED) is 0.248. The molecular formula is C24H34N6O2. The number of carbonyl (C=O) groups excluding carboxylic acids is 2. The van der Waals surface area contributed by atoms with Gasteiger partial charge in [-0.15, -0.1) is 12.8 Å². The second kappa shape index (κ2) is 14.5. The van der Waals surface area contributed by atoms with E-state index in [9.17, 15) is 9.59 Å². The van der Waals surface area contributed by atoms with Crippen LogP contribution >= 0.6 is 0 Å². The highest BCUT2D eigenvalue weighted by Crippen LogP contribution is 2.18. The largest absolute Gasteiger partial charge is 0.369 e. The van der Waals surface area contributed by atoms with Crippen LogP contribution in [0, 0.1) is 31.2 Å². The first kappa shape index (κ1) is 26.5. The summed E-state index contributed by atoms with van der Waals surface area (Å²) in [5.74, 6) is 0.390. The van der Waals surface area contributed by atoms with E-state index in [0.29, 0.717) is 19.0 Å². The average Bonchev–Trinajstić information content (AvgIpc) is 3.10. The number of aryl methyl sites for hydroxylation is 1. The number of carbonyl (C=O) groups is 2. The van der Waals surface area contributed by atoms with Crippen molar-refractivity contribution in [3.05, 3.63) is 29.8 Å². The third-order valence-electron chi connectivity index (χ3n) is 5.31. The van der Waals surface area contributed by atoms with E-state index in [-0.39, 0.29) is 17.8 Å². The molecule has 1 aromatic carbocycles. The summed E-state index contributed by atoms with van der Waals surface area (Å²) in [7, 11) is 0. The molecule has 0 saturated carbocycles. The second-order valence-corrected chi connectivity index (χ2v) is 7.78. The van der Waals surface area contributed by atoms with Gasteiger partial charge in [0.2, 0.25) is 17.8 Å². The molecule has 3 N–H and O–H groups in total. The Hall–Kier alpha value is -3.52. The van der Waals surface area contributed by atoms with Crippen molar-refractivity contribution in [2.24, 2.45) is 10.7 Å². The lowest BCUT2D eigenvalue weighted by molar-refractivity contribution is -0.140. The molecular weight excluding hydrogens is 404 g/mol. The number of likely N-dealkylation sites (tertiary alicyclic amines) is 2. The normalized spacial score (nSPS) is 18.3. The van der Waals surface area contributed by atoms with Crippen LogP contribution in [0.15, 0.2) is 29.3 Å². The van der Waals surface area contributed by atoms with Gasteiger partial charge in [0.25, 0.3) is 0 Å². The summed E-state index contributed by atoms with van der Waals surface area (Å²) >= 11 is 0. The number of benzene rings is 1. The number of aliphatic imine (C=N–C) groups is 1. The highest BCUT2D eigenvalue weighted by molar-refractivity contribution is 5.85. The smallest absolute Gasteiger partial charge is 0.242 e. The molecule has 0 aliphatic carbocycles. The summed E-state index contributed by atoms with van der Waals surface area (Å²) in [6.07, 6.45) is 15.6. The van der Waals surface area contributed by atoms with E-state index in [1.165, 1.54) is 0 Å². The third-order valence-corrected chi connectivity index (χ3v) is 5.31. The fraction of sp³-hybridized carbons (Fsp3) is 0.500. The minimum atomic E-state index is 0.105. The predicted molar refractivity (Wildman–Crippen MR) is 127 cm³/mol. The standard InChI is InChI=1S/C13H22N2O2.C9H10N4.C2H2/c1-11-6-5-9-15(11)13(17)10-14-8-4-2-3-7-12(14)16;1-7-3-2-4-8(5-7)13-9(11)12-6-10;1-2/h11H,2-10H2,1H3;2-5H,1H3,(H3,11,12,13);1-2H. The number of guanidine groups is 1. The van der Waals surface area contributed by atoms with Gasteiger partial charge in [0.05, 0.1) is 12.2 Å². The van der Waals surface area contributed by atoms with Gasteiger partial charge in [-0.1, -0.05) is 18.6 Å². The van der Waals surface area contributed by atoms with Gasteiger partial charge in [-0.25, -0.2) is 4.99 Å². The number of terminal acetylenes is 1. The van der Waals surface area contributed by atoms with Gasteiger partial charge in [0.1, 0.15) is 0 Å². The molecule has 2 fully saturated rings. The minimum Gasteiger partial charge on any atom is -0.369 e. The lowest BCUT2D eigenvalue weighted by atomic mass is 10.2. The first-order valence-corrected chi connectivity index (χ1v) is 10.9. The van der Waals surface area contributed by atoms with E-state index in [0.717, 1.165) is 56.4 Å². The Morgan fingerprint density at radius 1 is 1.28 bits per heavy atom. The molecule has 2 aliphatic heterocycles. The molecule has 0 aromatic heterocycles. The van der Waals surface area contributed by atoms with Gasteiger partial charge in [-0.3, -0.25) is 14.9 Å². The van der Waals surface area contributed by atoms with E-state index in [1.54, 1.807) is 11.1 Å². The highest BCUT2D eigenvalue weighted by Gasteiger charge is 2.27. The number of rotatable bonds is 3. The van der Waals surface area contributed by atoms with Gasteiger partial charge >= 0.3 is 0 Å². The molecule has 2 saturated heterocycles. The lowest BCUT2D eigenvalue weighted by Gasteiger charge is -2.26. The van der Waals surface area contributed by atoms with Crippen molar-refractivity contribution in [3.63, 3.8) is 0 Å². The van der Waals surface area contributed by atoms with Crippen LogP contribution in [-0.2, 0) is 9.59 Å². The number of amides is 2. The molecule has 1 unspecified atom stereocenters. The Morgan fingerprint density at radius 3 is 2.66 bits per heavy atom. The Balaban J connectivity index is 0.000000307. The molecule has 8 nitrogen and oxygen atoms in total. The predicted octanol–water partition coefficient (Wildman–Crippen LogP) is 2.66. The van der Waals surface area contributed by atoms with Gasteiger partial charge < -0.3 is 15.5 Å². The fourth-order valence-electron chi connectivity index (χ4n) is 3.69. The molecule has 0 radical (unpaired) electrons. The Kier molecular flexibility index (Phi) is 12.0. The van der Waals surface area contributed by atoms with Gasteiger partial charge in [0, 0.05) is 25.6 Å². The van der Waals surface area contributed by atoms with E-state index in [1.807, 2.05) is 36.1 Å². The van der Waals surface area contributed by atoms with Crippen LogP contribution < -0.4 is 11.1 Å². The van der Waals surface area contributed by atoms with Crippen molar-refractivity contribution in [1.29, 1.82) is 5.26 Å². The number of nitrogens with zero attached hydrogens (tertiary/aromatic N) is 4. The Bertz CT molecular complexity index is 842. The van der Waals surface area contributed by atoms with Crippen LogP contribution in [0.1, 0.15) is 51.0 Å². The number of nitriles is 1. The highest BCUT2D eigenvalue weighted by atomic mass is 16.2. The monoisotopic (exact) mass is 438 g/mol. The van der Waals surface area contributed by atoms with E-state index in [4.69, 9.17) is 11.0 Å². The van der Waals surface area contributed by atoms with Gasteiger partial charge in [-0.2, -0.15) is 5.26 Å². The lowest BCUT2D eigenvalue weighted by Crippen LogP contribution is -2.43. The number of hydrogen-bond acceptors (Lipinski definition) is 4. The van der Waals surface area contributed by atoms with Crippen molar-refractivity contribution in [2.45, 2.75) is 58.4 Å². The molecule has 8 heteroatoms. The zero-order valence-electron chi connectivity index (χ0n) is 19.1. The van der Waals surface area contributed by atoms with Crippen molar-refractivity contribution < 1.29 is 9.59 Å². The van der Waals surface area contributed by atoms with Crippen molar-refractivity contribution in [3.8, 4) is 19.0 Å². The van der Waals surface area contributed by atoms with Crippen LogP contribution in [0.4, 0.5) is 5.69 Å². The molecule has 1 aromatic rings. The van der Waals surface area contributed by atoms with Crippen molar-refractivity contribution in [2.75, 3.05) is 19.6 Å². The topological polar surface area (TPSA) is 115 Å². The molecule has 2 heterocycles. The van der Waals surface area contributed by atoms with Crippen LogP contribution in [0.2, 0.25) is 0 Å². The summed E-state index contributed by atoms with van der Waals surface area (Å²) in [5.41, 5.74) is 7.22. The van der Waals surface area contributed by atoms with E-state index < -0.39 is 0 Å². The maximum Gasteiger partial charge on any atom is 0.242 e. The molecule has 32 heavy (non-hydrogen) atoms. The SMILES string of the molecule is C#C.CC1CCCN1C(=O)CN1CCCCCC1=O.Cc1cccc(N=C(N)NC#N)c1. The van der Waals surface area contributed by atoms with E-state index >= 15 is 0 Å². The average molecular weight is 439 g/mol. The van der Waals surface area contributed by atoms with E-state index in [2.05, 4.69) is 30.1 Å². The summed E-state index contributed by atoms with van der Waals surface area (Å²) < 4.78 is 0. The molecule has 1 atom stereocenters. The van der Waals surface area contributed by atoms with Crippen molar-refractivity contribution >= 4 is 23.5 Å². The first-order chi connectivity index (χ1) is 15.4. The zero-order valence-corrected chi connectivity index (χ0v) is 19.1. The summed E-state index contributed by atoms with van der Waals surface area (Å²) in [5, 5.41) is 10.5. The summed E-state index contributed by atoms with van der Waals surface area (Å²) in [6, 6.07) is 7.90. The number of hydrogen-bond donors (Lipinski definition) is 2. The molecule has 0 bridgehead atoms. The second-order valence-electron chi connectivity index (χ2n) is 7.78. The van der Waals surface area contributed by atoms with Crippen LogP contribution in [0.3, 0.4) is 0 Å². The van der Waals surface area contributed by atoms with Crippen LogP contribution in [0.25, 0.3) is 0 Å². The summed E-state index contributed by atoms with van der Waals surface area (Å²) in [4.78, 5) is 31.6. The van der Waals surface area contributed by atoms with Crippen LogP contribution in [0.5, 0.6) is 0 Å².